The number of amides is 2. The lowest BCUT2D eigenvalue weighted by molar-refractivity contribution is -0.166. The average Bonchev–Trinajstić information content (AvgIpc) is 2.58. The minimum Gasteiger partial charge on any atom is -0.378 e. The van der Waals surface area contributed by atoms with E-state index in [1.54, 1.807) is 0 Å². The largest absolute Gasteiger partial charge is 0.378 e. The van der Waals surface area contributed by atoms with E-state index in [-0.39, 0.29) is 17.9 Å². The molecule has 0 aliphatic heterocycles. The normalized spacial score (nSPS) is 23.8. The van der Waals surface area contributed by atoms with Gasteiger partial charge in [0, 0.05) is 36.2 Å². The van der Waals surface area contributed by atoms with Crippen molar-refractivity contribution >= 4 is 23.2 Å². The number of carbonyl (C=O) groups is 2. The van der Waals surface area contributed by atoms with E-state index in [1.165, 1.54) is 0 Å². The first-order chi connectivity index (χ1) is 12.2. The van der Waals surface area contributed by atoms with Crippen molar-refractivity contribution in [2.24, 2.45) is 11.1 Å². The van der Waals surface area contributed by atoms with Gasteiger partial charge in [-0.25, -0.2) is 0 Å². The van der Waals surface area contributed by atoms with Gasteiger partial charge in [-0.2, -0.15) is 0 Å². The molecule has 1 fully saturated rings. The Bertz CT molecular complexity index is 687. The van der Waals surface area contributed by atoms with Crippen molar-refractivity contribution in [3.05, 3.63) is 23.8 Å². The van der Waals surface area contributed by atoms with Gasteiger partial charge < -0.3 is 21.1 Å². The molecule has 2 rings (SSSR count). The van der Waals surface area contributed by atoms with Crippen LogP contribution in [-0.4, -0.2) is 30.1 Å². The number of anilines is 2. The van der Waals surface area contributed by atoms with Crippen molar-refractivity contribution in [1.82, 2.24) is 0 Å². The Morgan fingerprint density at radius 2 is 1.85 bits per heavy atom. The molecule has 2 atom stereocenters. The van der Waals surface area contributed by atoms with E-state index in [9.17, 15) is 9.59 Å². The van der Waals surface area contributed by atoms with Gasteiger partial charge in [-0.15, -0.1) is 0 Å². The number of rotatable bonds is 7. The summed E-state index contributed by atoms with van der Waals surface area (Å²) in [5.74, 6) is -0.257. The van der Waals surface area contributed by atoms with Gasteiger partial charge in [-0.3, -0.25) is 9.59 Å². The molecule has 1 aliphatic rings. The Labute approximate surface area is 155 Å². The summed E-state index contributed by atoms with van der Waals surface area (Å²) < 4.78 is 5.69. The molecule has 1 aromatic rings. The molecule has 1 aromatic carbocycles. The van der Waals surface area contributed by atoms with Crippen molar-refractivity contribution in [2.45, 2.75) is 65.5 Å². The zero-order valence-corrected chi connectivity index (χ0v) is 16.4. The highest BCUT2D eigenvalue weighted by Gasteiger charge is 2.62. The molecule has 6 nitrogen and oxygen atoms in total. The number of ether oxygens (including phenoxy) is 1. The lowest BCUT2D eigenvalue weighted by atomic mass is 9.54. The van der Waals surface area contributed by atoms with Gasteiger partial charge in [0.25, 0.3) is 0 Å². The van der Waals surface area contributed by atoms with Crippen molar-refractivity contribution in [2.75, 3.05) is 17.2 Å². The van der Waals surface area contributed by atoms with E-state index in [2.05, 4.69) is 10.6 Å². The summed E-state index contributed by atoms with van der Waals surface area (Å²) >= 11 is 0. The van der Waals surface area contributed by atoms with Crippen LogP contribution in [0.25, 0.3) is 0 Å². The molecule has 0 heterocycles. The maximum absolute atomic E-state index is 12.9. The van der Waals surface area contributed by atoms with Gasteiger partial charge in [-0.1, -0.05) is 26.8 Å². The molecule has 6 heteroatoms. The molecule has 0 bridgehead atoms. The van der Waals surface area contributed by atoms with E-state index < -0.39 is 11.0 Å². The average molecular weight is 361 g/mol. The van der Waals surface area contributed by atoms with E-state index in [0.717, 1.165) is 12.0 Å². The van der Waals surface area contributed by atoms with E-state index >= 15 is 0 Å². The molecule has 1 saturated carbocycles. The number of hydrogen-bond acceptors (Lipinski definition) is 4. The Morgan fingerprint density at radius 1 is 1.23 bits per heavy atom. The van der Waals surface area contributed by atoms with Crippen molar-refractivity contribution in [1.29, 1.82) is 0 Å². The van der Waals surface area contributed by atoms with Crippen molar-refractivity contribution < 1.29 is 14.3 Å². The molecule has 26 heavy (non-hydrogen) atoms. The number of hydrogen-bond donors (Lipinski definition) is 3. The topological polar surface area (TPSA) is 93.5 Å². The number of carbonyl (C=O) groups excluding carboxylic acids is 2. The van der Waals surface area contributed by atoms with E-state index in [1.807, 2.05) is 52.8 Å². The molecule has 1 aliphatic carbocycles. The fraction of sp³-hybridized carbons (Fsp3) is 0.600. The summed E-state index contributed by atoms with van der Waals surface area (Å²) in [6, 6.07) is 5.45. The van der Waals surface area contributed by atoms with Crippen molar-refractivity contribution in [3.8, 4) is 0 Å². The minimum atomic E-state index is -0.985. The molecule has 0 spiro atoms. The van der Waals surface area contributed by atoms with Gasteiger partial charge in [0.2, 0.25) is 11.8 Å². The van der Waals surface area contributed by atoms with Crippen LogP contribution < -0.4 is 16.4 Å². The molecule has 2 amide bonds. The van der Waals surface area contributed by atoms with Crippen molar-refractivity contribution in [3.63, 3.8) is 0 Å². The second-order valence-electron chi connectivity index (χ2n) is 7.57. The molecular formula is C20H31N3O3. The summed E-state index contributed by atoms with van der Waals surface area (Å²) in [4.78, 5) is 24.8. The maximum Gasteiger partial charge on any atom is 0.245 e. The van der Waals surface area contributed by atoms with E-state index in [4.69, 9.17) is 10.5 Å². The van der Waals surface area contributed by atoms with E-state index in [0.29, 0.717) is 30.8 Å². The van der Waals surface area contributed by atoms with Crippen LogP contribution in [0.5, 0.6) is 0 Å². The third-order valence-corrected chi connectivity index (χ3v) is 5.57. The van der Waals surface area contributed by atoms with Crippen LogP contribution in [-0.2, 0) is 14.3 Å². The number of benzene rings is 1. The summed E-state index contributed by atoms with van der Waals surface area (Å²) in [6.07, 6.45) is 1.72. The first kappa shape index (κ1) is 20.4. The smallest absolute Gasteiger partial charge is 0.245 e. The first-order valence-electron chi connectivity index (χ1n) is 9.28. The molecule has 4 N–H and O–H groups in total. The monoisotopic (exact) mass is 361 g/mol. The molecule has 144 valence electrons. The molecule has 0 aromatic heterocycles. The quantitative estimate of drug-likeness (QED) is 0.695. The lowest BCUT2D eigenvalue weighted by Gasteiger charge is -2.57. The molecule has 0 radical (unpaired) electrons. The zero-order valence-electron chi connectivity index (χ0n) is 16.4. The second-order valence-corrected chi connectivity index (χ2v) is 7.57. The Hall–Kier alpha value is -1.92. The minimum absolute atomic E-state index is 0.0241. The van der Waals surface area contributed by atoms with Crippen LogP contribution in [0, 0.1) is 12.3 Å². The van der Waals surface area contributed by atoms with Crippen LogP contribution in [0.2, 0.25) is 0 Å². The highest BCUT2D eigenvalue weighted by Crippen LogP contribution is 2.50. The molecular weight excluding hydrogens is 330 g/mol. The number of nitrogens with two attached hydrogens (primary N) is 1. The summed E-state index contributed by atoms with van der Waals surface area (Å²) in [5, 5.41) is 5.84. The van der Waals surface area contributed by atoms with Gasteiger partial charge in [-0.05, 0) is 38.0 Å². The Morgan fingerprint density at radius 3 is 2.38 bits per heavy atom. The predicted octanol–water partition coefficient (Wildman–Crippen LogP) is 3.20. The van der Waals surface area contributed by atoms with Gasteiger partial charge in [0.15, 0.2) is 0 Å². The standard InChI is InChI=1S/C20H31N3O3/c1-6-9-17(24)22-14-10-8-11-15(13(14)3)23-18(25)20(21)12-16(26-7-2)19(20,4)5/h8,10-11,16H,6-7,9,12,21H2,1-5H3,(H,22,24)(H,23,25). The second kappa shape index (κ2) is 7.76. The van der Waals surface area contributed by atoms with Crippen LogP contribution in [0.1, 0.15) is 52.5 Å². The molecule has 2 unspecified atom stereocenters. The van der Waals surface area contributed by atoms with Gasteiger partial charge >= 0.3 is 0 Å². The lowest BCUT2D eigenvalue weighted by Crippen LogP contribution is -2.74. The Balaban J connectivity index is 2.14. The molecule has 0 saturated heterocycles. The zero-order chi connectivity index (χ0) is 19.5. The highest BCUT2D eigenvalue weighted by atomic mass is 16.5. The SMILES string of the molecule is CCCC(=O)Nc1cccc(NC(=O)C2(N)CC(OCC)C2(C)C)c1C. The Kier molecular flexibility index (Phi) is 6.09. The maximum atomic E-state index is 12.9. The fourth-order valence-electron chi connectivity index (χ4n) is 3.40. The van der Waals surface area contributed by atoms with Gasteiger partial charge in [0.05, 0.1) is 6.10 Å². The van der Waals surface area contributed by atoms with Crippen LogP contribution in [0.4, 0.5) is 11.4 Å². The first-order valence-corrected chi connectivity index (χ1v) is 9.28. The highest BCUT2D eigenvalue weighted by molar-refractivity contribution is 6.01. The third-order valence-electron chi connectivity index (χ3n) is 5.57. The summed E-state index contributed by atoms with van der Waals surface area (Å²) in [6.45, 7) is 10.3. The number of nitrogens with one attached hydrogen (secondary N) is 2. The fourth-order valence-corrected chi connectivity index (χ4v) is 3.40. The predicted molar refractivity (Wildman–Crippen MR) is 104 cm³/mol. The third kappa shape index (κ3) is 3.62. The van der Waals surface area contributed by atoms with Crippen LogP contribution in [0.15, 0.2) is 18.2 Å². The summed E-state index contributed by atoms with van der Waals surface area (Å²) in [5.41, 5.74) is 7.17. The van der Waals surface area contributed by atoms with Crippen LogP contribution >= 0.6 is 0 Å². The van der Waals surface area contributed by atoms with Crippen LogP contribution in [0.3, 0.4) is 0 Å². The van der Waals surface area contributed by atoms with Gasteiger partial charge in [0.1, 0.15) is 5.54 Å². The summed E-state index contributed by atoms with van der Waals surface area (Å²) in [7, 11) is 0.